The Hall–Kier alpha value is -1.88. The van der Waals surface area contributed by atoms with Crippen molar-refractivity contribution in [3.8, 4) is 0 Å². The van der Waals surface area contributed by atoms with Gasteiger partial charge in [-0.1, -0.05) is 0 Å². The zero-order chi connectivity index (χ0) is 12.6. The van der Waals surface area contributed by atoms with E-state index in [0.717, 1.165) is 5.52 Å². The summed E-state index contributed by atoms with van der Waals surface area (Å²) in [5, 5.41) is 18.1. The molecule has 1 aromatic heterocycles. The summed E-state index contributed by atoms with van der Waals surface area (Å²) >= 11 is 0. The molecule has 0 unspecified atom stereocenters. The number of aliphatic hydroxyl groups is 1. The molecule has 0 saturated carbocycles. The fourth-order valence-corrected chi connectivity index (χ4v) is 1.97. The lowest BCUT2D eigenvalue weighted by Crippen LogP contribution is -2.06. The number of imidazole rings is 1. The molecule has 0 amide bonds. The Bertz CT molecular complexity index is 572. The first-order chi connectivity index (χ1) is 8.04. The van der Waals surface area contributed by atoms with E-state index >= 15 is 0 Å². The molecule has 90 valence electrons. The van der Waals surface area contributed by atoms with E-state index in [0.29, 0.717) is 11.3 Å². The second kappa shape index (κ2) is 4.18. The van der Waals surface area contributed by atoms with Crippen LogP contribution < -0.4 is 0 Å². The molecule has 5 heteroatoms. The molecule has 0 fully saturated rings. The molecule has 0 saturated heterocycles. The van der Waals surface area contributed by atoms with Crippen LogP contribution in [0.1, 0.15) is 36.1 Å². The molecule has 1 aromatic carbocycles. The van der Waals surface area contributed by atoms with E-state index in [2.05, 4.69) is 4.98 Å². The van der Waals surface area contributed by atoms with Crippen molar-refractivity contribution in [2.24, 2.45) is 0 Å². The van der Waals surface area contributed by atoms with E-state index in [9.17, 15) is 9.90 Å². The zero-order valence-corrected chi connectivity index (χ0v) is 9.71. The molecule has 2 aromatic rings. The van der Waals surface area contributed by atoms with Gasteiger partial charge in [0.25, 0.3) is 0 Å². The quantitative estimate of drug-likeness (QED) is 0.849. The predicted molar refractivity (Wildman–Crippen MR) is 63.0 cm³/mol. The van der Waals surface area contributed by atoms with E-state index in [-0.39, 0.29) is 18.2 Å². The molecule has 0 bridgehead atoms. The fraction of sp³-hybridized carbons (Fsp3) is 0.333. The van der Waals surface area contributed by atoms with Crippen LogP contribution in [-0.2, 0) is 6.61 Å². The predicted octanol–water partition coefficient (Wildman–Crippen LogP) is 1.81. The van der Waals surface area contributed by atoms with Gasteiger partial charge in [-0.05, 0) is 32.0 Å². The first-order valence-corrected chi connectivity index (χ1v) is 5.39. The third kappa shape index (κ3) is 1.89. The van der Waals surface area contributed by atoms with Crippen molar-refractivity contribution in [1.29, 1.82) is 0 Å². The van der Waals surface area contributed by atoms with Gasteiger partial charge in [0.05, 0.1) is 16.6 Å². The van der Waals surface area contributed by atoms with Gasteiger partial charge in [0.1, 0.15) is 12.4 Å². The highest BCUT2D eigenvalue weighted by atomic mass is 16.4. The van der Waals surface area contributed by atoms with Gasteiger partial charge >= 0.3 is 5.97 Å². The summed E-state index contributed by atoms with van der Waals surface area (Å²) in [5.41, 5.74) is 1.65. The lowest BCUT2D eigenvalue weighted by molar-refractivity contribution is 0.0697. The Morgan fingerprint density at radius 3 is 2.71 bits per heavy atom. The van der Waals surface area contributed by atoms with Gasteiger partial charge in [0.2, 0.25) is 0 Å². The van der Waals surface area contributed by atoms with Crippen LogP contribution in [0.15, 0.2) is 18.2 Å². The van der Waals surface area contributed by atoms with Crippen LogP contribution in [0.25, 0.3) is 11.0 Å². The molecule has 2 N–H and O–H groups in total. The first kappa shape index (κ1) is 11.6. The average molecular weight is 234 g/mol. The van der Waals surface area contributed by atoms with Crippen molar-refractivity contribution in [3.63, 3.8) is 0 Å². The molecule has 5 nitrogen and oxygen atoms in total. The minimum absolute atomic E-state index is 0.157. The molecule has 0 aliphatic carbocycles. The van der Waals surface area contributed by atoms with Gasteiger partial charge in [-0.25, -0.2) is 9.78 Å². The van der Waals surface area contributed by atoms with Crippen molar-refractivity contribution in [1.82, 2.24) is 9.55 Å². The maximum absolute atomic E-state index is 10.9. The third-order valence-electron chi connectivity index (χ3n) is 2.67. The van der Waals surface area contributed by atoms with Crippen LogP contribution >= 0.6 is 0 Å². The number of aromatic nitrogens is 2. The first-order valence-electron chi connectivity index (χ1n) is 5.39. The Morgan fingerprint density at radius 1 is 1.47 bits per heavy atom. The molecular weight excluding hydrogens is 220 g/mol. The number of carbonyl (C=O) groups is 1. The summed E-state index contributed by atoms with van der Waals surface area (Å²) in [7, 11) is 0. The van der Waals surface area contributed by atoms with E-state index in [1.54, 1.807) is 12.1 Å². The van der Waals surface area contributed by atoms with E-state index in [1.165, 1.54) is 6.07 Å². The fourth-order valence-electron chi connectivity index (χ4n) is 1.97. The minimum Gasteiger partial charge on any atom is -0.478 e. The van der Waals surface area contributed by atoms with Gasteiger partial charge in [-0.15, -0.1) is 0 Å². The molecule has 0 spiro atoms. The van der Waals surface area contributed by atoms with Crippen molar-refractivity contribution in [3.05, 3.63) is 29.6 Å². The normalized spacial score (nSPS) is 11.3. The minimum atomic E-state index is -0.975. The topological polar surface area (TPSA) is 75.3 Å². The second-order valence-corrected chi connectivity index (χ2v) is 4.16. The lowest BCUT2D eigenvalue weighted by Gasteiger charge is -2.11. The number of aliphatic hydroxyl groups excluding tert-OH is 1. The van der Waals surface area contributed by atoms with Gasteiger partial charge in [-0.3, -0.25) is 0 Å². The lowest BCUT2D eigenvalue weighted by atomic mass is 10.2. The monoisotopic (exact) mass is 234 g/mol. The van der Waals surface area contributed by atoms with Crippen LogP contribution in [0.3, 0.4) is 0 Å². The molecule has 1 heterocycles. The number of benzene rings is 1. The van der Waals surface area contributed by atoms with Crippen LogP contribution in [0.5, 0.6) is 0 Å². The molecule has 17 heavy (non-hydrogen) atoms. The van der Waals surface area contributed by atoms with Gasteiger partial charge in [0, 0.05) is 6.04 Å². The summed E-state index contributed by atoms with van der Waals surface area (Å²) in [4.78, 5) is 15.1. The highest BCUT2D eigenvalue weighted by Crippen LogP contribution is 2.22. The van der Waals surface area contributed by atoms with Crippen LogP contribution in [-0.4, -0.2) is 25.7 Å². The average Bonchev–Trinajstić information content (AvgIpc) is 2.65. The highest BCUT2D eigenvalue weighted by Gasteiger charge is 2.14. The van der Waals surface area contributed by atoms with E-state index in [4.69, 9.17) is 5.11 Å². The Kier molecular flexibility index (Phi) is 2.85. The summed E-state index contributed by atoms with van der Waals surface area (Å²) in [6.45, 7) is 3.83. The van der Waals surface area contributed by atoms with Crippen molar-refractivity contribution in [2.75, 3.05) is 0 Å². The molecule has 0 radical (unpaired) electrons. The maximum atomic E-state index is 10.9. The number of hydrogen-bond donors (Lipinski definition) is 2. The summed E-state index contributed by atoms with van der Waals surface area (Å²) < 4.78 is 1.90. The number of hydrogen-bond acceptors (Lipinski definition) is 3. The SMILES string of the molecule is CC(C)n1c(CO)nc2cc(C(=O)O)ccc21. The maximum Gasteiger partial charge on any atom is 0.335 e. The molecule has 0 aliphatic rings. The number of carboxylic acids is 1. The highest BCUT2D eigenvalue weighted by molar-refractivity contribution is 5.92. The number of carboxylic acid groups (broad SMARTS) is 1. The smallest absolute Gasteiger partial charge is 0.335 e. The molecule has 0 aliphatic heterocycles. The molecule has 2 rings (SSSR count). The summed E-state index contributed by atoms with van der Waals surface area (Å²) in [6.07, 6.45) is 0. The van der Waals surface area contributed by atoms with E-state index in [1.807, 2.05) is 18.4 Å². The van der Waals surface area contributed by atoms with Gasteiger partial charge < -0.3 is 14.8 Å². The Morgan fingerprint density at radius 2 is 2.18 bits per heavy atom. The van der Waals surface area contributed by atoms with Crippen LogP contribution in [0, 0.1) is 0 Å². The number of nitrogens with zero attached hydrogens (tertiary/aromatic N) is 2. The van der Waals surface area contributed by atoms with Crippen molar-refractivity contribution < 1.29 is 15.0 Å². The molecule has 0 atom stereocenters. The Balaban J connectivity index is 2.69. The summed E-state index contributed by atoms with van der Waals surface area (Å²) in [6, 6.07) is 4.96. The molecular formula is C12H14N2O3. The Labute approximate surface area is 98.3 Å². The van der Waals surface area contributed by atoms with Crippen molar-refractivity contribution in [2.45, 2.75) is 26.5 Å². The number of rotatable bonds is 3. The summed E-state index contributed by atoms with van der Waals surface area (Å²) in [5.74, 6) is -0.422. The van der Waals surface area contributed by atoms with Crippen molar-refractivity contribution >= 4 is 17.0 Å². The van der Waals surface area contributed by atoms with Crippen LogP contribution in [0.4, 0.5) is 0 Å². The zero-order valence-electron chi connectivity index (χ0n) is 9.71. The largest absolute Gasteiger partial charge is 0.478 e. The van der Waals surface area contributed by atoms with E-state index < -0.39 is 5.97 Å². The third-order valence-corrected chi connectivity index (χ3v) is 2.67. The number of aromatic carboxylic acids is 1. The standard InChI is InChI=1S/C12H14N2O3/c1-7(2)14-10-4-3-8(12(16)17)5-9(10)13-11(14)6-15/h3-5,7,15H,6H2,1-2H3,(H,16,17). The van der Waals surface area contributed by atoms with Gasteiger partial charge in [-0.2, -0.15) is 0 Å². The van der Waals surface area contributed by atoms with Crippen LogP contribution in [0.2, 0.25) is 0 Å². The number of fused-ring (bicyclic) bond motifs is 1. The van der Waals surface area contributed by atoms with Gasteiger partial charge in [0.15, 0.2) is 0 Å². The second-order valence-electron chi connectivity index (χ2n) is 4.16.